The topological polar surface area (TPSA) is 116 Å². The zero-order valence-corrected chi connectivity index (χ0v) is 16.8. The Labute approximate surface area is 173 Å². The van der Waals surface area contributed by atoms with Crippen LogP contribution in [0.1, 0.15) is 10.4 Å². The van der Waals surface area contributed by atoms with Crippen LogP contribution in [0.5, 0.6) is 5.75 Å². The number of imidazole rings is 1. The van der Waals surface area contributed by atoms with Gasteiger partial charge >= 0.3 is 0 Å². The molecule has 4 rings (SSSR count). The maximum absolute atomic E-state index is 12.8. The van der Waals surface area contributed by atoms with E-state index in [1.807, 2.05) is 41.1 Å². The van der Waals surface area contributed by atoms with Crippen molar-refractivity contribution in [3.8, 4) is 17.0 Å². The molecule has 0 aliphatic rings. The fraction of sp³-hybridized carbons (Fsp3) is 0.0476. The zero-order chi connectivity index (χ0) is 21.3. The summed E-state index contributed by atoms with van der Waals surface area (Å²) in [5.41, 5.74) is 7.93. The first-order chi connectivity index (χ1) is 14.4. The van der Waals surface area contributed by atoms with E-state index in [4.69, 9.17) is 10.5 Å². The van der Waals surface area contributed by atoms with Crippen LogP contribution in [-0.4, -0.2) is 30.8 Å². The molecule has 0 atom stereocenters. The normalized spacial score (nSPS) is 11.4. The molecular weight excluding hydrogens is 404 g/mol. The number of sulfonamides is 1. The van der Waals surface area contributed by atoms with Crippen molar-refractivity contribution >= 4 is 27.3 Å². The van der Waals surface area contributed by atoms with Gasteiger partial charge in [0.05, 0.1) is 23.3 Å². The number of hydrogen-bond donors (Lipinski definition) is 2. The highest BCUT2D eigenvalue weighted by atomic mass is 32.2. The van der Waals surface area contributed by atoms with Gasteiger partial charge in [0.25, 0.3) is 15.9 Å². The summed E-state index contributed by atoms with van der Waals surface area (Å²) in [6.07, 6.45) is 3.75. The number of amides is 1. The first-order valence-corrected chi connectivity index (χ1v) is 10.4. The fourth-order valence-electron chi connectivity index (χ4n) is 3.08. The molecule has 0 unspecified atom stereocenters. The third-order valence-electron chi connectivity index (χ3n) is 4.52. The predicted octanol–water partition coefficient (Wildman–Crippen LogP) is 2.91. The van der Waals surface area contributed by atoms with Crippen LogP contribution in [0.4, 0.5) is 5.69 Å². The summed E-state index contributed by atoms with van der Waals surface area (Å²) in [5.74, 6) is -0.576. The Morgan fingerprint density at radius 1 is 1.10 bits per heavy atom. The summed E-state index contributed by atoms with van der Waals surface area (Å²) < 4.78 is 35.1. The molecule has 0 aliphatic carbocycles. The van der Waals surface area contributed by atoms with E-state index in [0.29, 0.717) is 11.4 Å². The molecule has 2 aromatic carbocycles. The van der Waals surface area contributed by atoms with Gasteiger partial charge in [-0.2, -0.15) is 0 Å². The van der Waals surface area contributed by atoms with Crippen molar-refractivity contribution in [1.82, 2.24) is 9.38 Å². The van der Waals surface area contributed by atoms with Gasteiger partial charge in [0.1, 0.15) is 11.4 Å². The summed E-state index contributed by atoms with van der Waals surface area (Å²) >= 11 is 0. The number of hydrogen-bond acceptors (Lipinski definition) is 5. The van der Waals surface area contributed by atoms with Gasteiger partial charge < -0.3 is 14.9 Å². The van der Waals surface area contributed by atoms with E-state index in [1.165, 1.54) is 25.3 Å². The molecule has 0 radical (unpaired) electrons. The Bertz CT molecular complexity index is 1330. The summed E-state index contributed by atoms with van der Waals surface area (Å²) in [6, 6.07) is 16.5. The van der Waals surface area contributed by atoms with E-state index in [-0.39, 0.29) is 16.2 Å². The summed E-state index contributed by atoms with van der Waals surface area (Å²) in [7, 11) is -2.58. The third-order valence-corrected chi connectivity index (χ3v) is 5.90. The summed E-state index contributed by atoms with van der Waals surface area (Å²) in [5, 5.41) is 0. The largest absolute Gasteiger partial charge is 0.496 e. The molecule has 1 amide bonds. The molecule has 8 nitrogen and oxygen atoms in total. The van der Waals surface area contributed by atoms with Crippen LogP contribution < -0.4 is 15.2 Å². The van der Waals surface area contributed by atoms with Gasteiger partial charge in [-0.15, -0.1) is 0 Å². The molecule has 0 saturated carbocycles. The van der Waals surface area contributed by atoms with Gasteiger partial charge in [0.15, 0.2) is 0 Å². The average Bonchev–Trinajstić information content (AvgIpc) is 3.17. The number of nitrogens with two attached hydrogens (primary N) is 1. The standard InChI is InChI=1S/C21H18N4O4S/c1-29-19-9-8-16(12-17(19)21(22)26)30(27,28)24-15-6-4-5-14(11-15)18-13-25-10-3-2-7-20(25)23-18/h2-13,24H,1H3,(H2,22,26). The monoisotopic (exact) mass is 422 g/mol. The Hall–Kier alpha value is -3.85. The molecule has 0 fully saturated rings. The Kier molecular flexibility index (Phi) is 4.88. The molecule has 0 aliphatic heterocycles. The number of benzene rings is 2. The number of nitrogens with zero attached hydrogens (tertiary/aromatic N) is 2. The number of pyridine rings is 1. The molecular formula is C21H18N4O4S. The molecule has 4 aromatic rings. The quantitative estimate of drug-likeness (QED) is 0.496. The van der Waals surface area contributed by atoms with Crippen LogP contribution in [0.2, 0.25) is 0 Å². The van der Waals surface area contributed by atoms with Gasteiger partial charge in [-0.1, -0.05) is 18.2 Å². The van der Waals surface area contributed by atoms with E-state index in [1.54, 1.807) is 18.2 Å². The zero-order valence-electron chi connectivity index (χ0n) is 15.9. The minimum atomic E-state index is -3.96. The summed E-state index contributed by atoms with van der Waals surface area (Å²) in [4.78, 5) is 16.1. The van der Waals surface area contributed by atoms with Crippen molar-refractivity contribution < 1.29 is 17.9 Å². The minimum absolute atomic E-state index is 0.0150. The van der Waals surface area contributed by atoms with E-state index in [2.05, 4.69) is 9.71 Å². The molecule has 9 heteroatoms. The van der Waals surface area contributed by atoms with Crippen LogP contribution >= 0.6 is 0 Å². The highest BCUT2D eigenvalue weighted by Gasteiger charge is 2.19. The van der Waals surface area contributed by atoms with E-state index in [0.717, 1.165) is 11.2 Å². The van der Waals surface area contributed by atoms with Crippen LogP contribution in [0.15, 0.2) is 78.0 Å². The van der Waals surface area contributed by atoms with Crippen LogP contribution in [-0.2, 0) is 10.0 Å². The number of carbonyl (C=O) groups excluding carboxylic acids is 1. The molecule has 30 heavy (non-hydrogen) atoms. The fourth-order valence-corrected chi connectivity index (χ4v) is 4.15. The van der Waals surface area contributed by atoms with E-state index >= 15 is 0 Å². The molecule has 2 heterocycles. The maximum Gasteiger partial charge on any atom is 0.261 e. The maximum atomic E-state index is 12.8. The highest BCUT2D eigenvalue weighted by Crippen LogP contribution is 2.26. The second-order valence-corrected chi connectivity index (χ2v) is 8.19. The van der Waals surface area contributed by atoms with Crippen molar-refractivity contribution in [2.45, 2.75) is 4.90 Å². The van der Waals surface area contributed by atoms with Crippen LogP contribution in [0.25, 0.3) is 16.9 Å². The number of rotatable bonds is 6. The van der Waals surface area contributed by atoms with Gasteiger partial charge in [-0.25, -0.2) is 13.4 Å². The minimum Gasteiger partial charge on any atom is -0.496 e. The number of anilines is 1. The number of carbonyl (C=O) groups is 1. The highest BCUT2D eigenvalue weighted by molar-refractivity contribution is 7.92. The average molecular weight is 422 g/mol. The lowest BCUT2D eigenvalue weighted by Crippen LogP contribution is -2.16. The van der Waals surface area contributed by atoms with Gasteiger partial charge in [0, 0.05) is 23.6 Å². The van der Waals surface area contributed by atoms with Crippen LogP contribution in [0, 0.1) is 0 Å². The Balaban J connectivity index is 1.66. The molecule has 152 valence electrons. The molecule has 0 bridgehead atoms. The Morgan fingerprint density at radius 2 is 1.93 bits per heavy atom. The van der Waals surface area contributed by atoms with Crippen LogP contribution in [0.3, 0.4) is 0 Å². The lowest BCUT2D eigenvalue weighted by Gasteiger charge is -2.11. The lowest BCUT2D eigenvalue weighted by molar-refractivity contribution is 0.0997. The number of fused-ring (bicyclic) bond motifs is 1. The number of nitrogens with one attached hydrogen (secondary N) is 1. The van der Waals surface area contributed by atoms with Gasteiger partial charge in [-0.3, -0.25) is 9.52 Å². The second-order valence-electron chi connectivity index (χ2n) is 6.50. The van der Waals surface area contributed by atoms with Crippen molar-refractivity contribution in [3.05, 3.63) is 78.6 Å². The van der Waals surface area contributed by atoms with Crippen molar-refractivity contribution in [3.63, 3.8) is 0 Å². The van der Waals surface area contributed by atoms with Crippen molar-refractivity contribution in [1.29, 1.82) is 0 Å². The molecule has 2 aromatic heterocycles. The van der Waals surface area contributed by atoms with E-state index in [9.17, 15) is 13.2 Å². The number of aromatic nitrogens is 2. The Morgan fingerprint density at radius 3 is 2.67 bits per heavy atom. The SMILES string of the molecule is COc1ccc(S(=O)(=O)Nc2cccc(-c3cn4ccccc4n3)c2)cc1C(N)=O. The first kappa shape index (κ1) is 19.5. The van der Waals surface area contributed by atoms with E-state index < -0.39 is 15.9 Å². The second kappa shape index (κ2) is 7.53. The number of methoxy groups -OCH3 is 1. The summed E-state index contributed by atoms with van der Waals surface area (Å²) in [6.45, 7) is 0. The predicted molar refractivity (Wildman–Crippen MR) is 113 cm³/mol. The first-order valence-electron chi connectivity index (χ1n) is 8.92. The van der Waals surface area contributed by atoms with Crippen molar-refractivity contribution in [2.75, 3.05) is 11.8 Å². The number of primary amides is 1. The molecule has 0 saturated heterocycles. The van der Waals surface area contributed by atoms with Gasteiger partial charge in [0.2, 0.25) is 0 Å². The molecule has 0 spiro atoms. The molecule has 3 N–H and O–H groups in total. The van der Waals surface area contributed by atoms with Crippen molar-refractivity contribution in [2.24, 2.45) is 5.73 Å². The lowest BCUT2D eigenvalue weighted by atomic mass is 10.1. The number of ether oxygens (including phenoxy) is 1. The smallest absolute Gasteiger partial charge is 0.261 e. The van der Waals surface area contributed by atoms with Gasteiger partial charge in [-0.05, 0) is 42.5 Å². The third kappa shape index (κ3) is 3.70.